The van der Waals surface area contributed by atoms with E-state index in [-0.39, 0.29) is 5.91 Å². The van der Waals surface area contributed by atoms with E-state index in [1.165, 1.54) is 0 Å². The van der Waals surface area contributed by atoms with Gasteiger partial charge in [0.15, 0.2) is 0 Å². The number of carbonyl (C=O) groups is 1. The maximum atomic E-state index is 12.7. The van der Waals surface area contributed by atoms with Crippen LogP contribution in [0.2, 0.25) is 0 Å². The molecule has 110 valence electrons. The number of hydrogen-bond donors (Lipinski definition) is 1. The lowest BCUT2D eigenvalue weighted by molar-refractivity contribution is 0.0630. The molecule has 0 radical (unpaired) electrons. The maximum absolute atomic E-state index is 12.7. The van der Waals surface area contributed by atoms with Crippen LogP contribution in [-0.2, 0) is 6.42 Å². The molecule has 3 heteroatoms. The number of aryl methyl sites for hydroxylation is 1. The van der Waals surface area contributed by atoms with Crippen LogP contribution in [0.5, 0.6) is 0 Å². The summed E-state index contributed by atoms with van der Waals surface area (Å²) in [5.41, 5.74) is 2.04. The lowest BCUT2D eigenvalue weighted by atomic mass is 9.89. The van der Waals surface area contributed by atoms with E-state index in [1.807, 2.05) is 30.1 Å². The fourth-order valence-electron chi connectivity index (χ4n) is 3.22. The monoisotopic (exact) mass is 274 g/mol. The predicted molar refractivity (Wildman–Crippen MR) is 83.0 cm³/mol. The number of rotatable bonds is 4. The minimum atomic E-state index is 0.204. The second-order valence-corrected chi connectivity index (χ2v) is 5.61. The summed E-state index contributed by atoms with van der Waals surface area (Å²) in [5.74, 6) is 0.766. The van der Waals surface area contributed by atoms with Crippen LogP contribution in [0, 0.1) is 5.92 Å². The number of amides is 1. The lowest BCUT2D eigenvalue weighted by Gasteiger charge is -2.38. The van der Waals surface area contributed by atoms with Crippen LogP contribution in [0.4, 0.5) is 0 Å². The second kappa shape index (κ2) is 6.89. The molecule has 2 unspecified atom stereocenters. The molecule has 1 fully saturated rings. The number of piperidine rings is 1. The van der Waals surface area contributed by atoms with Gasteiger partial charge in [-0.25, -0.2) is 0 Å². The van der Waals surface area contributed by atoms with Crippen molar-refractivity contribution in [2.75, 3.05) is 20.1 Å². The SMILES string of the molecule is CCc1ccccc1C(=O)N1CCC(NC)C(CC)C1. The van der Waals surface area contributed by atoms with Gasteiger partial charge in [-0.3, -0.25) is 4.79 Å². The van der Waals surface area contributed by atoms with Crippen molar-refractivity contribution in [3.63, 3.8) is 0 Å². The standard InChI is InChI=1S/C17H26N2O/c1-4-13-8-6-7-9-15(13)17(20)19-11-10-16(18-3)14(5-2)12-19/h6-9,14,16,18H,4-5,10-12H2,1-3H3. The summed E-state index contributed by atoms with van der Waals surface area (Å²) in [6.45, 7) is 6.05. The zero-order valence-corrected chi connectivity index (χ0v) is 12.9. The van der Waals surface area contributed by atoms with Gasteiger partial charge in [-0.15, -0.1) is 0 Å². The van der Waals surface area contributed by atoms with Crippen molar-refractivity contribution in [3.05, 3.63) is 35.4 Å². The second-order valence-electron chi connectivity index (χ2n) is 5.61. The Hall–Kier alpha value is -1.35. The summed E-state index contributed by atoms with van der Waals surface area (Å²) in [6, 6.07) is 8.55. The fraction of sp³-hybridized carbons (Fsp3) is 0.588. The molecule has 2 atom stereocenters. The third-order valence-electron chi connectivity index (χ3n) is 4.55. The Balaban J connectivity index is 2.14. The summed E-state index contributed by atoms with van der Waals surface area (Å²) in [7, 11) is 2.02. The zero-order valence-electron chi connectivity index (χ0n) is 12.9. The van der Waals surface area contributed by atoms with Gasteiger partial charge in [0.2, 0.25) is 0 Å². The van der Waals surface area contributed by atoms with Gasteiger partial charge in [0.1, 0.15) is 0 Å². The van der Waals surface area contributed by atoms with E-state index in [9.17, 15) is 4.79 Å². The van der Waals surface area contributed by atoms with Crippen LogP contribution in [0.3, 0.4) is 0 Å². The van der Waals surface area contributed by atoms with Crippen molar-refractivity contribution in [2.24, 2.45) is 5.92 Å². The highest BCUT2D eigenvalue weighted by Gasteiger charge is 2.30. The highest BCUT2D eigenvalue weighted by atomic mass is 16.2. The molecule has 1 saturated heterocycles. The zero-order chi connectivity index (χ0) is 14.5. The van der Waals surface area contributed by atoms with Crippen molar-refractivity contribution in [3.8, 4) is 0 Å². The van der Waals surface area contributed by atoms with Crippen LogP contribution in [0.15, 0.2) is 24.3 Å². The van der Waals surface area contributed by atoms with Crippen molar-refractivity contribution in [1.82, 2.24) is 10.2 Å². The molecule has 1 aliphatic rings. The van der Waals surface area contributed by atoms with Gasteiger partial charge < -0.3 is 10.2 Å². The third-order valence-corrected chi connectivity index (χ3v) is 4.55. The van der Waals surface area contributed by atoms with Crippen LogP contribution in [-0.4, -0.2) is 37.0 Å². The van der Waals surface area contributed by atoms with Crippen molar-refractivity contribution in [2.45, 2.75) is 39.2 Å². The highest BCUT2D eigenvalue weighted by molar-refractivity contribution is 5.95. The summed E-state index contributed by atoms with van der Waals surface area (Å²) in [6.07, 6.45) is 3.08. The fourth-order valence-corrected chi connectivity index (χ4v) is 3.22. The molecular formula is C17H26N2O. The van der Waals surface area contributed by atoms with Crippen molar-refractivity contribution in [1.29, 1.82) is 0 Å². The van der Waals surface area contributed by atoms with Gasteiger partial charge in [0.25, 0.3) is 5.91 Å². The van der Waals surface area contributed by atoms with Gasteiger partial charge in [0, 0.05) is 24.7 Å². The quantitative estimate of drug-likeness (QED) is 0.915. The van der Waals surface area contributed by atoms with Crippen LogP contribution < -0.4 is 5.32 Å². The Morgan fingerprint density at radius 3 is 2.75 bits per heavy atom. The Labute approximate surface area is 122 Å². The minimum Gasteiger partial charge on any atom is -0.338 e. The Morgan fingerprint density at radius 2 is 2.10 bits per heavy atom. The summed E-state index contributed by atoms with van der Waals surface area (Å²) in [4.78, 5) is 14.8. The van der Waals surface area contributed by atoms with E-state index in [0.29, 0.717) is 12.0 Å². The van der Waals surface area contributed by atoms with Gasteiger partial charge in [-0.1, -0.05) is 38.5 Å². The molecule has 1 amide bonds. The number of benzene rings is 1. The lowest BCUT2D eigenvalue weighted by Crippen LogP contribution is -2.50. The molecular weight excluding hydrogens is 248 g/mol. The third kappa shape index (κ3) is 3.04. The first kappa shape index (κ1) is 15.0. The molecule has 3 nitrogen and oxygen atoms in total. The molecule has 0 spiro atoms. The van der Waals surface area contributed by atoms with E-state index in [1.54, 1.807) is 0 Å². The van der Waals surface area contributed by atoms with Crippen molar-refractivity contribution < 1.29 is 4.79 Å². The Morgan fingerprint density at radius 1 is 1.35 bits per heavy atom. The normalized spacial score (nSPS) is 22.9. The summed E-state index contributed by atoms with van der Waals surface area (Å²) < 4.78 is 0. The van der Waals surface area contributed by atoms with Gasteiger partial charge in [-0.2, -0.15) is 0 Å². The number of likely N-dealkylation sites (tertiary alicyclic amines) is 1. The molecule has 2 rings (SSSR count). The first-order chi connectivity index (χ1) is 9.71. The van der Waals surface area contributed by atoms with Crippen LogP contribution in [0.1, 0.15) is 42.6 Å². The van der Waals surface area contributed by atoms with E-state index in [2.05, 4.69) is 25.2 Å². The first-order valence-corrected chi connectivity index (χ1v) is 7.75. The smallest absolute Gasteiger partial charge is 0.254 e. The first-order valence-electron chi connectivity index (χ1n) is 7.75. The summed E-state index contributed by atoms with van der Waals surface area (Å²) >= 11 is 0. The molecule has 1 aromatic rings. The topological polar surface area (TPSA) is 32.3 Å². The van der Waals surface area contributed by atoms with Crippen LogP contribution in [0.25, 0.3) is 0 Å². The van der Waals surface area contributed by atoms with Gasteiger partial charge in [0.05, 0.1) is 0 Å². The molecule has 1 N–H and O–H groups in total. The number of nitrogens with zero attached hydrogens (tertiary/aromatic N) is 1. The van der Waals surface area contributed by atoms with Gasteiger partial charge >= 0.3 is 0 Å². The molecule has 1 aliphatic heterocycles. The number of carbonyl (C=O) groups excluding carboxylic acids is 1. The Bertz CT molecular complexity index is 458. The highest BCUT2D eigenvalue weighted by Crippen LogP contribution is 2.22. The van der Waals surface area contributed by atoms with E-state index in [4.69, 9.17) is 0 Å². The van der Waals surface area contributed by atoms with E-state index >= 15 is 0 Å². The molecule has 20 heavy (non-hydrogen) atoms. The number of hydrogen-bond acceptors (Lipinski definition) is 2. The summed E-state index contributed by atoms with van der Waals surface area (Å²) in [5, 5.41) is 3.39. The average Bonchev–Trinajstić information content (AvgIpc) is 2.53. The van der Waals surface area contributed by atoms with Crippen LogP contribution >= 0.6 is 0 Å². The Kier molecular flexibility index (Phi) is 5.18. The van der Waals surface area contributed by atoms with E-state index < -0.39 is 0 Å². The van der Waals surface area contributed by atoms with Crippen molar-refractivity contribution >= 4 is 5.91 Å². The number of nitrogens with one attached hydrogen (secondary N) is 1. The minimum absolute atomic E-state index is 0.204. The molecule has 0 aliphatic carbocycles. The molecule has 1 aromatic carbocycles. The average molecular weight is 274 g/mol. The van der Waals surface area contributed by atoms with E-state index in [0.717, 1.165) is 43.5 Å². The molecule has 0 saturated carbocycles. The maximum Gasteiger partial charge on any atom is 0.254 e. The molecule has 1 heterocycles. The molecule has 0 bridgehead atoms. The predicted octanol–water partition coefficient (Wildman–Crippen LogP) is 2.71. The molecule has 0 aromatic heterocycles. The van der Waals surface area contributed by atoms with Gasteiger partial charge in [-0.05, 0) is 37.4 Å². The largest absolute Gasteiger partial charge is 0.338 e.